The molecule has 0 atom stereocenters. The third-order valence-corrected chi connectivity index (χ3v) is 4.38. The van der Waals surface area contributed by atoms with Crippen molar-refractivity contribution in [2.75, 3.05) is 5.32 Å². The highest BCUT2D eigenvalue weighted by atomic mass is 32.1. The van der Waals surface area contributed by atoms with Gasteiger partial charge in [-0.25, -0.2) is 9.37 Å². The molecule has 1 amide bonds. The van der Waals surface area contributed by atoms with Crippen LogP contribution < -0.4 is 5.32 Å². The minimum absolute atomic E-state index is 0.124. The fraction of sp³-hybridized carbons (Fsp3) is 0.235. The Hall–Kier alpha value is -2.54. The second-order valence-corrected chi connectivity index (χ2v) is 6.46. The van der Waals surface area contributed by atoms with Gasteiger partial charge in [-0.1, -0.05) is 12.1 Å². The molecular formula is C17H17FN4OS. The average Bonchev–Trinajstić information content (AvgIpc) is 3.17. The number of hydrogen-bond acceptors (Lipinski definition) is 4. The number of benzene rings is 1. The largest absolute Gasteiger partial charge is 0.323 e. The maximum atomic E-state index is 13.9. The van der Waals surface area contributed by atoms with Crippen LogP contribution in [0.1, 0.15) is 23.5 Å². The quantitative estimate of drug-likeness (QED) is 0.711. The lowest BCUT2D eigenvalue weighted by molar-refractivity contribution is -0.116. The van der Waals surface area contributed by atoms with Crippen LogP contribution >= 0.6 is 11.3 Å². The standard InChI is InChI=1S/C17H17FN4OS/c1-11-20-12(10-24-11)5-4-8-16(23)21-15-9-19-22-17(15)13-6-2-3-7-14(13)18/h2-3,6-7,9-10H,4-5,8H2,1H3,(H,19,22)(H,21,23). The molecule has 0 saturated heterocycles. The van der Waals surface area contributed by atoms with Crippen molar-refractivity contribution in [3.05, 3.63) is 52.4 Å². The summed E-state index contributed by atoms with van der Waals surface area (Å²) < 4.78 is 13.9. The van der Waals surface area contributed by atoms with Gasteiger partial charge >= 0.3 is 0 Å². The Morgan fingerprint density at radius 1 is 1.38 bits per heavy atom. The van der Waals surface area contributed by atoms with E-state index in [9.17, 15) is 9.18 Å². The van der Waals surface area contributed by atoms with Crippen molar-refractivity contribution in [1.82, 2.24) is 15.2 Å². The van der Waals surface area contributed by atoms with E-state index >= 15 is 0 Å². The van der Waals surface area contributed by atoms with Gasteiger partial charge < -0.3 is 5.32 Å². The predicted molar refractivity (Wildman–Crippen MR) is 92.4 cm³/mol. The van der Waals surface area contributed by atoms with Crippen LogP contribution in [-0.2, 0) is 11.2 Å². The smallest absolute Gasteiger partial charge is 0.224 e. The molecule has 0 unspecified atom stereocenters. The Labute approximate surface area is 143 Å². The van der Waals surface area contributed by atoms with Crippen molar-refractivity contribution in [1.29, 1.82) is 0 Å². The van der Waals surface area contributed by atoms with Gasteiger partial charge in [0.2, 0.25) is 5.91 Å². The van der Waals surface area contributed by atoms with Crippen molar-refractivity contribution in [2.45, 2.75) is 26.2 Å². The van der Waals surface area contributed by atoms with Gasteiger partial charge in [0.1, 0.15) is 5.82 Å². The summed E-state index contributed by atoms with van der Waals surface area (Å²) in [5, 5.41) is 12.5. The van der Waals surface area contributed by atoms with Crippen LogP contribution in [-0.4, -0.2) is 21.1 Å². The monoisotopic (exact) mass is 344 g/mol. The van der Waals surface area contributed by atoms with Crippen LogP contribution in [0.3, 0.4) is 0 Å². The summed E-state index contributed by atoms with van der Waals surface area (Å²) in [7, 11) is 0. The number of nitrogens with one attached hydrogen (secondary N) is 2. The Morgan fingerprint density at radius 2 is 2.21 bits per heavy atom. The molecule has 0 aliphatic heterocycles. The van der Waals surface area contributed by atoms with E-state index in [1.54, 1.807) is 29.5 Å². The van der Waals surface area contributed by atoms with E-state index in [1.165, 1.54) is 12.3 Å². The number of H-pyrrole nitrogens is 1. The summed E-state index contributed by atoms with van der Waals surface area (Å²) in [5.74, 6) is -0.489. The highest BCUT2D eigenvalue weighted by Crippen LogP contribution is 2.27. The van der Waals surface area contributed by atoms with Crippen molar-refractivity contribution >= 4 is 22.9 Å². The third kappa shape index (κ3) is 3.86. The molecule has 0 radical (unpaired) electrons. The normalized spacial score (nSPS) is 10.8. The van der Waals surface area contributed by atoms with Crippen LogP contribution in [0.5, 0.6) is 0 Å². The van der Waals surface area contributed by atoms with Crippen molar-refractivity contribution < 1.29 is 9.18 Å². The van der Waals surface area contributed by atoms with Crippen LogP contribution in [0.4, 0.5) is 10.1 Å². The zero-order valence-corrected chi connectivity index (χ0v) is 14.0. The number of carbonyl (C=O) groups excluding carboxylic acids is 1. The Bertz CT molecular complexity index is 842. The van der Waals surface area contributed by atoms with E-state index in [0.717, 1.165) is 17.1 Å². The first kappa shape index (κ1) is 16.3. The van der Waals surface area contributed by atoms with Crippen molar-refractivity contribution in [3.8, 4) is 11.3 Å². The number of amides is 1. The molecule has 2 N–H and O–H groups in total. The molecule has 124 valence electrons. The molecule has 7 heteroatoms. The van der Waals surface area contributed by atoms with Crippen LogP contribution in [0.2, 0.25) is 0 Å². The first-order chi connectivity index (χ1) is 11.6. The van der Waals surface area contributed by atoms with E-state index < -0.39 is 0 Å². The number of aryl methyl sites for hydroxylation is 2. The van der Waals surface area contributed by atoms with Gasteiger partial charge in [0, 0.05) is 17.4 Å². The lowest BCUT2D eigenvalue weighted by Crippen LogP contribution is -2.11. The summed E-state index contributed by atoms with van der Waals surface area (Å²) in [4.78, 5) is 16.5. The highest BCUT2D eigenvalue weighted by Gasteiger charge is 2.13. The summed E-state index contributed by atoms with van der Waals surface area (Å²) in [6.07, 6.45) is 3.34. The SMILES string of the molecule is Cc1nc(CCCC(=O)Nc2cn[nH]c2-c2ccccc2F)cs1. The van der Waals surface area contributed by atoms with Gasteiger partial charge in [0.25, 0.3) is 0 Å². The summed E-state index contributed by atoms with van der Waals surface area (Å²) in [6.45, 7) is 1.96. The van der Waals surface area contributed by atoms with Gasteiger partial charge in [0.05, 0.1) is 28.3 Å². The summed E-state index contributed by atoms with van der Waals surface area (Å²) in [6, 6.07) is 6.37. The average molecular weight is 344 g/mol. The molecule has 0 spiro atoms. The van der Waals surface area contributed by atoms with Crippen LogP contribution in [0.25, 0.3) is 11.3 Å². The second-order valence-electron chi connectivity index (χ2n) is 5.40. The van der Waals surface area contributed by atoms with E-state index in [1.807, 2.05) is 12.3 Å². The molecule has 0 fully saturated rings. The molecule has 3 aromatic rings. The number of nitrogens with zero attached hydrogens (tertiary/aromatic N) is 2. The lowest BCUT2D eigenvalue weighted by atomic mass is 10.1. The number of halogens is 1. The van der Waals surface area contributed by atoms with Gasteiger partial charge in [-0.15, -0.1) is 11.3 Å². The molecule has 1 aromatic carbocycles. The second kappa shape index (κ2) is 7.35. The van der Waals surface area contributed by atoms with E-state index in [2.05, 4.69) is 20.5 Å². The van der Waals surface area contributed by atoms with E-state index in [-0.39, 0.29) is 11.7 Å². The van der Waals surface area contributed by atoms with Crippen LogP contribution in [0, 0.1) is 12.7 Å². The lowest BCUT2D eigenvalue weighted by Gasteiger charge is -2.06. The Kier molecular flexibility index (Phi) is 5.00. The van der Waals surface area contributed by atoms with Crippen molar-refractivity contribution in [2.24, 2.45) is 0 Å². The number of carbonyl (C=O) groups is 1. The Balaban J connectivity index is 1.59. The first-order valence-electron chi connectivity index (χ1n) is 7.62. The predicted octanol–water partition coefficient (Wildman–Crippen LogP) is 3.94. The number of rotatable bonds is 6. The highest BCUT2D eigenvalue weighted by molar-refractivity contribution is 7.09. The van der Waals surface area contributed by atoms with E-state index in [4.69, 9.17) is 0 Å². The third-order valence-electron chi connectivity index (χ3n) is 3.56. The number of thiazole rings is 1. The number of aromatic amines is 1. The topological polar surface area (TPSA) is 70.7 Å². The minimum Gasteiger partial charge on any atom is -0.323 e. The van der Waals surface area contributed by atoms with Gasteiger partial charge in [0.15, 0.2) is 0 Å². The molecule has 0 aliphatic carbocycles. The van der Waals surface area contributed by atoms with Crippen LogP contribution in [0.15, 0.2) is 35.8 Å². The fourth-order valence-electron chi connectivity index (χ4n) is 2.42. The van der Waals surface area contributed by atoms with Gasteiger partial charge in [-0.3, -0.25) is 9.89 Å². The van der Waals surface area contributed by atoms with E-state index in [0.29, 0.717) is 29.8 Å². The maximum absolute atomic E-state index is 13.9. The minimum atomic E-state index is -0.365. The van der Waals surface area contributed by atoms with Gasteiger partial charge in [-0.05, 0) is 31.9 Å². The molecule has 2 heterocycles. The van der Waals surface area contributed by atoms with Crippen molar-refractivity contribution in [3.63, 3.8) is 0 Å². The molecule has 2 aromatic heterocycles. The molecular weight excluding hydrogens is 327 g/mol. The zero-order chi connectivity index (χ0) is 16.9. The molecule has 0 aliphatic rings. The summed E-state index contributed by atoms with van der Waals surface area (Å²) >= 11 is 1.61. The Morgan fingerprint density at radius 3 is 2.96 bits per heavy atom. The summed E-state index contributed by atoms with van der Waals surface area (Å²) in [5.41, 5.74) is 2.34. The molecule has 0 saturated carbocycles. The molecule has 5 nitrogen and oxygen atoms in total. The number of hydrogen-bond donors (Lipinski definition) is 2. The molecule has 0 bridgehead atoms. The van der Waals surface area contributed by atoms with Gasteiger partial charge in [-0.2, -0.15) is 5.10 Å². The fourth-order valence-corrected chi connectivity index (χ4v) is 3.06. The zero-order valence-electron chi connectivity index (χ0n) is 13.2. The number of aromatic nitrogens is 3. The molecule has 3 rings (SSSR count). The number of anilines is 1. The first-order valence-corrected chi connectivity index (χ1v) is 8.50. The molecule has 24 heavy (non-hydrogen) atoms. The maximum Gasteiger partial charge on any atom is 0.224 e.